The molecule has 112 valence electrons. The van der Waals surface area contributed by atoms with Crippen molar-refractivity contribution in [3.63, 3.8) is 0 Å². The molecule has 0 aromatic rings. The molecular formula is C18H23NO2. The third kappa shape index (κ3) is 1.76. The highest BCUT2D eigenvalue weighted by Gasteiger charge is 2.49. The van der Waals surface area contributed by atoms with Gasteiger partial charge in [0.15, 0.2) is 5.78 Å². The molecule has 0 amide bonds. The first-order chi connectivity index (χ1) is 10.1. The highest BCUT2D eigenvalue weighted by Crippen LogP contribution is 2.52. The number of hydrogen-bond donors (Lipinski definition) is 1. The molecule has 0 spiro atoms. The fourth-order valence-electron chi connectivity index (χ4n) is 5.15. The molecule has 3 nitrogen and oxygen atoms in total. The van der Waals surface area contributed by atoms with Crippen molar-refractivity contribution >= 4 is 11.6 Å². The lowest BCUT2D eigenvalue weighted by molar-refractivity contribution is -0.120. The Balaban J connectivity index is 1.89. The number of nitrogens with one attached hydrogen (secondary N) is 1. The lowest BCUT2D eigenvalue weighted by Gasteiger charge is -2.36. The molecule has 0 bridgehead atoms. The number of allylic oxidation sites excluding steroid dienone is 3. The van der Waals surface area contributed by atoms with Crippen LogP contribution in [-0.4, -0.2) is 23.7 Å². The minimum atomic E-state index is 0.0485. The zero-order chi connectivity index (χ0) is 14.7. The van der Waals surface area contributed by atoms with Gasteiger partial charge in [-0.1, -0.05) is 6.92 Å². The molecule has 3 aliphatic carbocycles. The van der Waals surface area contributed by atoms with Gasteiger partial charge in [-0.2, -0.15) is 0 Å². The van der Waals surface area contributed by atoms with E-state index in [9.17, 15) is 9.59 Å². The molecule has 1 N–H and O–H groups in total. The number of carbonyl (C=O) groups is 2. The largest absolute Gasteiger partial charge is 0.307 e. The van der Waals surface area contributed by atoms with Gasteiger partial charge in [0.2, 0.25) is 0 Å². The van der Waals surface area contributed by atoms with Crippen LogP contribution in [0.5, 0.6) is 0 Å². The standard InChI is InChI=1S/C18H23NO2/c1-3-14-13-8-12-11(5-7-16(12)21)17-10(9(2)20)4-6-15(19-14)18(13)17/h10,13-15,19H,3-8H2,1-2H3. The molecule has 1 saturated heterocycles. The molecule has 21 heavy (non-hydrogen) atoms. The molecule has 4 atom stereocenters. The molecule has 0 saturated carbocycles. The molecule has 1 aliphatic heterocycles. The maximum atomic E-state index is 12.2. The van der Waals surface area contributed by atoms with Crippen LogP contribution in [0.3, 0.4) is 0 Å². The van der Waals surface area contributed by atoms with Gasteiger partial charge >= 0.3 is 0 Å². The van der Waals surface area contributed by atoms with Gasteiger partial charge < -0.3 is 5.32 Å². The van der Waals surface area contributed by atoms with Gasteiger partial charge in [-0.25, -0.2) is 0 Å². The molecule has 4 aliphatic rings. The summed E-state index contributed by atoms with van der Waals surface area (Å²) in [5.74, 6) is 1.12. The Hall–Kier alpha value is -1.22. The summed E-state index contributed by atoms with van der Waals surface area (Å²) in [5.41, 5.74) is 5.11. The topological polar surface area (TPSA) is 46.2 Å². The first-order valence-electron chi connectivity index (χ1n) is 8.37. The number of rotatable bonds is 2. The van der Waals surface area contributed by atoms with Crippen molar-refractivity contribution in [2.45, 2.75) is 64.5 Å². The summed E-state index contributed by atoms with van der Waals surface area (Å²) in [7, 11) is 0. The predicted molar refractivity (Wildman–Crippen MR) is 80.8 cm³/mol. The van der Waals surface area contributed by atoms with Crippen molar-refractivity contribution in [1.29, 1.82) is 0 Å². The third-order valence-corrected chi connectivity index (χ3v) is 6.06. The second-order valence-corrected chi connectivity index (χ2v) is 7.03. The molecule has 0 aromatic carbocycles. The molecule has 4 rings (SSSR count). The maximum absolute atomic E-state index is 12.2. The van der Waals surface area contributed by atoms with Gasteiger partial charge in [0, 0.05) is 30.3 Å². The van der Waals surface area contributed by atoms with Crippen molar-refractivity contribution in [3.05, 3.63) is 22.3 Å². The normalized spacial score (nSPS) is 37.9. The monoisotopic (exact) mass is 285 g/mol. The third-order valence-electron chi connectivity index (χ3n) is 6.06. The molecule has 0 aromatic heterocycles. The van der Waals surface area contributed by atoms with E-state index in [0.717, 1.165) is 37.7 Å². The summed E-state index contributed by atoms with van der Waals surface area (Å²) >= 11 is 0. The van der Waals surface area contributed by atoms with Crippen LogP contribution in [0.4, 0.5) is 0 Å². The van der Waals surface area contributed by atoms with Crippen LogP contribution < -0.4 is 5.32 Å². The quantitative estimate of drug-likeness (QED) is 0.848. The zero-order valence-corrected chi connectivity index (χ0v) is 12.9. The smallest absolute Gasteiger partial charge is 0.159 e. The van der Waals surface area contributed by atoms with E-state index in [1.165, 1.54) is 16.7 Å². The lowest BCUT2D eigenvalue weighted by Crippen LogP contribution is -2.34. The molecule has 1 heterocycles. The zero-order valence-electron chi connectivity index (χ0n) is 12.9. The first-order valence-corrected chi connectivity index (χ1v) is 8.37. The number of ketones is 2. The van der Waals surface area contributed by atoms with Crippen molar-refractivity contribution in [2.24, 2.45) is 11.8 Å². The first kappa shape index (κ1) is 13.4. The van der Waals surface area contributed by atoms with Gasteiger partial charge in [0.05, 0.1) is 0 Å². The second kappa shape index (κ2) is 4.64. The van der Waals surface area contributed by atoms with Crippen LogP contribution in [0.2, 0.25) is 0 Å². The lowest BCUT2D eigenvalue weighted by atomic mass is 9.67. The number of Topliss-reactive ketones (excluding diaryl/α,β-unsaturated/α-hetero) is 2. The predicted octanol–water partition coefficient (Wildman–Crippen LogP) is 2.71. The van der Waals surface area contributed by atoms with E-state index in [2.05, 4.69) is 12.2 Å². The van der Waals surface area contributed by atoms with Crippen LogP contribution in [0.1, 0.15) is 52.4 Å². The van der Waals surface area contributed by atoms with Crippen molar-refractivity contribution in [2.75, 3.05) is 0 Å². The van der Waals surface area contributed by atoms with Crippen LogP contribution in [0, 0.1) is 11.8 Å². The van der Waals surface area contributed by atoms with Gasteiger partial charge in [0.1, 0.15) is 5.78 Å². The van der Waals surface area contributed by atoms with E-state index in [1.54, 1.807) is 6.92 Å². The molecule has 1 fully saturated rings. The van der Waals surface area contributed by atoms with E-state index in [4.69, 9.17) is 0 Å². The van der Waals surface area contributed by atoms with Crippen LogP contribution in [-0.2, 0) is 9.59 Å². The number of carbonyl (C=O) groups excluding carboxylic acids is 2. The van der Waals surface area contributed by atoms with Crippen LogP contribution >= 0.6 is 0 Å². The highest BCUT2D eigenvalue weighted by molar-refractivity contribution is 6.01. The fourth-order valence-corrected chi connectivity index (χ4v) is 5.15. The van der Waals surface area contributed by atoms with Crippen LogP contribution in [0.15, 0.2) is 22.3 Å². The summed E-state index contributed by atoms with van der Waals surface area (Å²) in [4.78, 5) is 24.4. The van der Waals surface area contributed by atoms with Gasteiger partial charge in [-0.15, -0.1) is 0 Å². The van der Waals surface area contributed by atoms with Gasteiger partial charge in [0.25, 0.3) is 0 Å². The Bertz CT molecular complexity index is 598. The molecular weight excluding hydrogens is 262 g/mol. The Morgan fingerprint density at radius 3 is 2.76 bits per heavy atom. The second-order valence-electron chi connectivity index (χ2n) is 7.03. The van der Waals surface area contributed by atoms with Crippen molar-refractivity contribution in [1.82, 2.24) is 5.32 Å². The minimum Gasteiger partial charge on any atom is -0.307 e. The number of fused-ring (bicyclic) bond motifs is 1. The summed E-state index contributed by atoms with van der Waals surface area (Å²) in [6.45, 7) is 3.94. The van der Waals surface area contributed by atoms with Crippen molar-refractivity contribution < 1.29 is 9.59 Å². The Kier molecular flexibility index (Phi) is 2.97. The maximum Gasteiger partial charge on any atom is 0.159 e. The Morgan fingerprint density at radius 1 is 1.24 bits per heavy atom. The Labute approximate surface area is 125 Å². The van der Waals surface area contributed by atoms with Gasteiger partial charge in [-0.3, -0.25) is 9.59 Å². The highest BCUT2D eigenvalue weighted by atomic mass is 16.1. The van der Waals surface area contributed by atoms with E-state index >= 15 is 0 Å². The van der Waals surface area contributed by atoms with Crippen molar-refractivity contribution in [3.8, 4) is 0 Å². The minimum absolute atomic E-state index is 0.0485. The fraction of sp³-hybridized carbons (Fsp3) is 0.667. The average molecular weight is 285 g/mol. The molecule has 0 radical (unpaired) electrons. The summed E-state index contributed by atoms with van der Waals surface area (Å²) in [5, 5.41) is 3.77. The molecule has 4 unspecified atom stereocenters. The molecule has 3 heteroatoms. The SMILES string of the molecule is CCC1NC2CCC(C(C)=O)C3=C2C1CC1=C3CCC1=O. The summed E-state index contributed by atoms with van der Waals surface area (Å²) < 4.78 is 0. The average Bonchev–Trinajstić information content (AvgIpc) is 3.02. The number of hydrogen-bond acceptors (Lipinski definition) is 3. The van der Waals surface area contributed by atoms with E-state index in [0.29, 0.717) is 30.2 Å². The van der Waals surface area contributed by atoms with Gasteiger partial charge in [-0.05, 0) is 61.3 Å². The summed E-state index contributed by atoms with van der Waals surface area (Å²) in [6.07, 6.45) is 5.56. The van der Waals surface area contributed by atoms with E-state index < -0.39 is 0 Å². The van der Waals surface area contributed by atoms with Crippen LogP contribution in [0.25, 0.3) is 0 Å². The Morgan fingerprint density at radius 2 is 2.05 bits per heavy atom. The summed E-state index contributed by atoms with van der Waals surface area (Å²) in [6, 6.07) is 0.934. The van der Waals surface area contributed by atoms with E-state index in [1.807, 2.05) is 0 Å². The van der Waals surface area contributed by atoms with E-state index in [-0.39, 0.29) is 11.7 Å².